The molecule has 33 heavy (non-hydrogen) atoms. The van der Waals surface area contributed by atoms with E-state index in [1.807, 2.05) is 19.9 Å². The second kappa shape index (κ2) is 10.3. The van der Waals surface area contributed by atoms with Gasteiger partial charge >= 0.3 is 5.97 Å². The molecule has 1 unspecified atom stereocenters. The van der Waals surface area contributed by atoms with Crippen LogP contribution in [0.1, 0.15) is 41.3 Å². The number of hydrogen-bond acceptors (Lipinski definition) is 9. The summed E-state index contributed by atoms with van der Waals surface area (Å²) in [4.78, 5) is 25.4. The van der Waals surface area contributed by atoms with Crippen molar-refractivity contribution in [1.29, 1.82) is 5.26 Å². The molecule has 172 valence electrons. The zero-order valence-electron chi connectivity index (χ0n) is 17.9. The van der Waals surface area contributed by atoms with Gasteiger partial charge in [-0.3, -0.25) is 4.79 Å². The second-order valence-electron chi connectivity index (χ2n) is 7.54. The molecule has 0 saturated carbocycles. The molecule has 11 heteroatoms. The topological polar surface area (TPSA) is 131 Å². The molecule has 0 aliphatic heterocycles. The lowest BCUT2D eigenvalue weighted by Crippen LogP contribution is -2.32. The molecule has 1 atom stereocenters. The highest BCUT2D eigenvalue weighted by atomic mass is 35.5. The number of nitrogens with one attached hydrogen (secondary N) is 1. The second-order valence-corrected chi connectivity index (χ2v) is 9.38. The summed E-state index contributed by atoms with van der Waals surface area (Å²) in [5.74, 6) is -0.903. The Morgan fingerprint density at radius 1 is 1.30 bits per heavy atom. The number of carbonyl (C=O) groups excluding carboxylic acids is 2. The third kappa shape index (κ3) is 5.30. The quantitative estimate of drug-likeness (QED) is 0.306. The first-order chi connectivity index (χ1) is 15.7. The summed E-state index contributed by atoms with van der Waals surface area (Å²) in [6, 6.07) is 7.65. The SMILES string of the molecule is COC(=O)C(CC(C)C)Nc1sc(C(=O)c2cc(-c3ccc(Cl)c(Cl)c3)no2)c(N)c1C#N. The summed E-state index contributed by atoms with van der Waals surface area (Å²) in [5.41, 5.74) is 7.17. The van der Waals surface area contributed by atoms with Crippen LogP contribution in [-0.2, 0) is 9.53 Å². The van der Waals surface area contributed by atoms with Crippen molar-refractivity contribution >= 4 is 57.0 Å². The Kier molecular flexibility index (Phi) is 7.64. The number of aromatic nitrogens is 1. The van der Waals surface area contributed by atoms with E-state index in [0.29, 0.717) is 32.7 Å². The summed E-state index contributed by atoms with van der Waals surface area (Å²) in [5, 5.41) is 17.6. The number of ketones is 1. The molecule has 0 bridgehead atoms. The lowest BCUT2D eigenvalue weighted by molar-refractivity contribution is -0.141. The number of ether oxygens (including phenoxy) is 1. The number of halogens is 2. The lowest BCUT2D eigenvalue weighted by atomic mass is 10.0. The maximum atomic E-state index is 13.1. The van der Waals surface area contributed by atoms with E-state index in [2.05, 4.69) is 10.5 Å². The van der Waals surface area contributed by atoms with E-state index in [1.54, 1.807) is 18.2 Å². The van der Waals surface area contributed by atoms with Gasteiger partial charge in [-0.2, -0.15) is 5.26 Å². The number of hydrogen-bond donors (Lipinski definition) is 2. The Morgan fingerprint density at radius 2 is 2.03 bits per heavy atom. The molecule has 3 aromatic rings. The van der Waals surface area contributed by atoms with Gasteiger partial charge in [0.2, 0.25) is 11.5 Å². The van der Waals surface area contributed by atoms with Crippen molar-refractivity contribution in [3.05, 3.63) is 50.5 Å². The number of benzene rings is 1. The van der Waals surface area contributed by atoms with Crippen LogP contribution in [0.2, 0.25) is 10.0 Å². The summed E-state index contributed by atoms with van der Waals surface area (Å²) < 4.78 is 10.1. The molecule has 8 nitrogen and oxygen atoms in total. The normalized spacial score (nSPS) is 11.8. The van der Waals surface area contributed by atoms with Crippen LogP contribution in [0, 0.1) is 17.2 Å². The summed E-state index contributed by atoms with van der Waals surface area (Å²) >= 11 is 13.0. The van der Waals surface area contributed by atoms with Gasteiger partial charge in [-0.15, -0.1) is 11.3 Å². The Morgan fingerprint density at radius 3 is 2.64 bits per heavy atom. The first-order valence-electron chi connectivity index (χ1n) is 9.79. The minimum Gasteiger partial charge on any atom is -0.467 e. The van der Waals surface area contributed by atoms with Gasteiger partial charge in [-0.05, 0) is 24.5 Å². The van der Waals surface area contributed by atoms with Crippen LogP contribution in [0.3, 0.4) is 0 Å². The van der Waals surface area contributed by atoms with Crippen molar-refractivity contribution in [3.63, 3.8) is 0 Å². The van der Waals surface area contributed by atoms with E-state index in [-0.39, 0.29) is 27.8 Å². The third-order valence-corrected chi connectivity index (χ3v) is 6.59. The van der Waals surface area contributed by atoms with Gasteiger partial charge in [-0.1, -0.05) is 48.3 Å². The fourth-order valence-electron chi connectivity index (χ4n) is 3.10. The Bertz CT molecular complexity index is 1250. The average Bonchev–Trinajstić information content (AvgIpc) is 3.39. The molecule has 3 rings (SSSR count). The molecule has 2 aromatic heterocycles. The van der Waals surface area contributed by atoms with Gasteiger partial charge < -0.3 is 20.3 Å². The molecule has 0 aliphatic carbocycles. The minimum absolute atomic E-state index is 0.00403. The lowest BCUT2D eigenvalue weighted by Gasteiger charge is -2.18. The molecule has 2 heterocycles. The summed E-state index contributed by atoms with van der Waals surface area (Å²) in [6.45, 7) is 3.91. The number of rotatable bonds is 8. The van der Waals surface area contributed by atoms with Gasteiger partial charge in [0, 0.05) is 11.6 Å². The highest BCUT2D eigenvalue weighted by Gasteiger charge is 2.28. The molecule has 0 aliphatic rings. The number of nitrogens with zero attached hydrogens (tertiary/aromatic N) is 2. The van der Waals surface area contributed by atoms with Crippen LogP contribution in [0.5, 0.6) is 0 Å². The zero-order chi connectivity index (χ0) is 24.3. The number of carbonyl (C=O) groups is 2. The van der Waals surface area contributed by atoms with Crippen LogP contribution in [0.25, 0.3) is 11.3 Å². The number of nitrogen functional groups attached to an aromatic ring is 1. The maximum Gasteiger partial charge on any atom is 0.328 e. The zero-order valence-corrected chi connectivity index (χ0v) is 20.3. The van der Waals surface area contributed by atoms with E-state index in [1.165, 1.54) is 13.2 Å². The first kappa shape index (κ1) is 24.6. The van der Waals surface area contributed by atoms with E-state index in [4.69, 9.17) is 38.2 Å². The molecular formula is C22H20Cl2N4O4S. The van der Waals surface area contributed by atoms with Crippen LogP contribution >= 0.6 is 34.5 Å². The number of thiophene rings is 1. The molecule has 0 spiro atoms. The Hall–Kier alpha value is -3.06. The minimum atomic E-state index is -0.699. The van der Waals surface area contributed by atoms with E-state index >= 15 is 0 Å². The Labute approximate surface area is 204 Å². The fourth-order valence-corrected chi connectivity index (χ4v) is 4.46. The number of anilines is 2. The van der Waals surface area contributed by atoms with Crippen LogP contribution in [-0.4, -0.2) is 30.1 Å². The van der Waals surface area contributed by atoms with Gasteiger partial charge in [0.05, 0.1) is 22.8 Å². The van der Waals surface area contributed by atoms with Crippen molar-refractivity contribution < 1.29 is 18.8 Å². The van der Waals surface area contributed by atoms with Gasteiger partial charge in [-0.25, -0.2) is 4.79 Å². The Balaban J connectivity index is 1.92. The number of nitrogens with two attached hydrogens (primary N) is 1. The van der Waals surface area contributed by atoms with Crippen molar-refractivity contribution in [1.82, 2.24) is 5.16 Å². The van der Waals surface area contributed by atoms with E-state index in [9.17, 15) is 14.9 Å². The van der Waals surface area contributed by atoms with Gasteiger partial charge in [0.15, 0.2) is 0 Å². The molecule has 0 fully saturated rings. The highest BCUT2D eigenvalue weighted by Crippen LogP contribution is 2.38. The molecule has 1 aromatic carbocycles. The predicted octanol–water partition coefficient (Wildman–Crippen LogP) is 5.39. The average molecular weight is 507 g/mol. The van der Waals surface area contributed by atoms with Gasteiger partial charge in [0.25, 0.3) is 0 Å². The maximum absolute atomic E-state index is 13.1. The number of methoxy groups -OCH3 is 1. The van der Waals surface area contributed by atoms with Crippen LogP contribution in [0.4, 0.5) is 10.7 Å². The van der Waals surface area contributed by atoms with Crippen LogP contribution < -0.4 is 11.1 Å². The monoisotopic (exact) mass is 506 g/mol. The van der Waals surface area contributed by atoms with Crippen LogP contribution in [0.15, 0.2) is 28.8 Å². The van der Waals surface area contributed by atoms with Crippen molar-refractivity contribution in [2.75, 3.05) is 18.2 Å². The fraction of sp³-hybridized carbons (Fsp3) is 0.273. The van der Waals surface area contributed by atoms with E-state index < -0.39 is 17.8 Å². The molecular weight excluding hydrogens is 487 g/mol. The summed E-state index contributed by atoms with van der Waals surface area (Å²) in [7, 11) is 1.29. The first-order valence-corrected chi connectivity index (χ1v) is 11.4. The smallest absolute Gasteiger partial charge is 0.328 e. The molecule has 0 amide bonds. The molecule has 0 saturated heterocycles. The molecule has 0 radical (unpaired) electrons. The summed E-state index contributed by atoms with van der Waals surface area (Å²) in [6.07, 6.45) is 0.466. The third-order valence-electron chi connectivity index (χ3n) is 4.71. The highest BCUT2D eigenvalue weighted by molar-refractivity contribution is 7.19. The predicted molar refractivity (Wildman–Crippen MR) is 128 cm³/mol. The molecule has 3 N–H and O–H groups in total. The van der Waals surface area contributed by atoms with Crippen molar-refractivity contribution in [2.24, 2.45) is 5.92 Å². The number of esters is 1. The van der Waals surface area contributed by atoms with E-state index in [0.717, 1.165) is 11.3 Å². The largest absolute Gasteiger partial charge is 0.467 e. The van der Waals surface area contributed by atoms with Crippen molar-refractivity contribution in [3.8, 4) is 17.3 Å². The standard InChI is InChI=1S/C22H20Cl2N4O4S/c1-10(2)6-16(22(30)31-3)27-21-12(9-25)18(26)20(33-21)19(29)17-8-15(28-32-17)11-4-5-13(23)14(24)7-11/h4-5,7-8,10,16,27H,6,26H2,1-3H3. The van der Waals surface area contributed by atoms with Crippen molar-refractivity contribution in [2.45, 2.75) is 26.3 Å². The van der Waals surface area contributed by atoms with Gasteiger partial charge in [0.1, 0.15) is 33.2 Å². The number of nitriles is 1.